The first-order valence-electron chi connectivity index (χ1n) is 7.21. The molecule has 0 spiro atoms. The van der Waals surface area contributed by atoms with Gasteiger partial charge >= 0.3 is 0 Å². The van der Waals surface area contributed by atoms with Crippen LogP contribution in [0.1, 0.15) is 11.3 Å². The number of amides is 2. The Morgan fingerprint density at radius 3 is 2.26 bits per heavy atom. The van der Waals surface area contributed by atoms with E-state index < -0.39 is 0 Å². The Hall–Kier alpha value is -2.34. The Labute approximate surface area is 139 Å². The van der Waals surface area contributed by atoms with Crippen LogP contribution in [0.3, 0.4) is 0 Å². The predicted molar refractivity (Wildman–Crippen MR) is 94.7 cm³/mol. The number of benzene rings is 1. The molecule has 0 bridgehead atoms. The van der Waals surface area contributed by atoms with Crippen molar-refractivity contribution in [2.75, 3.05) is 22.1 Å². The molecule has 0 unspecified atom stereocenters. The second-order valence-electron chi connectivity index (χ2n) is 5.12. The van der Waals surface area contributed by atoms with Gasteiger partial charge in [0.05, 0.1) is 11.5 Å². The standard InChI is InChI=1S/C17H19N3O2S/c1-12-6-8-14(9-7-12)19-16(21)10-23-11-17(22)20-15-5-3-4-13(2)18-15/h3-9H,10-11H2,1-2H3,(H,19,21)(H,18,20,22). The fraction of sp³-hybridized carbons (Fsp3) is 0.235. The largest absolute Gasteiger partial charge is 0.325 e. The minimum Gasteiger partial charge on any atom is -0.325 e. The van der Waals surface area contributed by atoms with E-state index >= 15 is 0 Å². The molecule has 0 atom stereocenters. The van der Waals surface area contributed by atoms with Gasteiger partial charge in [0.1, 0.15) is 5.82 Å². The van der Waals surface area contributed by atoms with E-state index in [1.54, 1.807) is 6.07 Å². The third-order valence-electron chi connectivity index (χ3n) is 2.96. The van der Waals surface area contributed by atoms with E-state index in [1.165, 1.54) is 11.8 Å². The topological polar surface area (TPSA) is 71.1 Å². The van der Waals surface area contributed by atoms with E-state index in [2.05, 4.69) is 15.6 Å². The van der Waals surface area contributed by atoms with Crippen molar-refractivity contribution in [1.82, 2.24) is 4.98 Å². The Kier molecular flexibility index (Phi) is 6.17. The number of carbonyl (C=O) groups excluding carboxylic acids is 2. The van der Waals surface area contributed by atoms with Crippen LogP contribution < -0.4 is 10.6 Å². The fourth-order valence-corrected chi connectivity index (χ4v) is 2.48. The summed E-state index contributed by atoms with van der Waals surface area (Å²) in [5.74, 6) is 0.663. The number of nitrogens with one attached hydrogen (secondary N) is 2. The summed E-state index contributed by atoms with van der Waals surface area (Å²) in [6, 6.07) is 13.0. The van der Waals surface area contributed by atoms with Crippen LogP contribution in [-0.4, -0.2) is 28.3 Å². The SMILES string of the molecule is Cc1ccc(NC(=O)CSCC(=O)Nc2cccc(C)n2)cc1. The van der Waals surface area contributed by atoms with Gasteiger partial charge in [-0.3, -0.25) is 9.59 Å². The number of hydrogen-bond donors (Lipinski definition) is 2. The normalized spacial score (nSPS) is 10.2. The van der Waals surface area contributed by atoms with Gasteiger partial charge in [0.15, 0.2) is 0 Å². The van der Waals surface area contributed by atoms with Gasteiger partial charge in [-0.15, -0.1) is 11.8 Å². The number of aryl methyl sites for hydroxylation is 2. The lowest BCUT2D eigenvalue weighted by atomic mass is 10.2. The smallest absolute Gasteiger partial charge is 0.235 e. The fourth-order valence-electron chi connectivity index (χ4n) is 1.86. The average Bonchev–Trinajstić information content (AvgIpc) is 2.49. The number of hydrogen-bond acceptors (Lipinski definition) is 4. The van der Waals surface area contributed by atoms with Gasteiger partial charge in [-0.2, -0.15) is 0 Å². The molecule has 0 aliphatic carbocycles. The van der Waals surface area contributed by atoms with Crippen molar-refractivity contribution < 1.29 is 9.59 Å². The molecule has 0 fully saturated rings. The third-order valence-corrected chi connectivity index (χ3v) is 3.89. The molecule has 1 heterocycles. The predicted octanol–water partition coefficient (Wildman–Crippen LogP) is 3.01. The summed E-state index contributed by atoms with van der Waals surface area (Å²) in [5, 5.41) is 5.51. The van der Waals surface area contributed by atoms with Gasteiger partial charge in [-0.1, -0.05) is 23.8 Å². The van der Waals surface area contributed by atoms with Crippen LogP contribution in [0, 0.1) is 13.8 Å². The molecule has 2 N–H and O–H groups in total. The zero-order chi connectivity index (χ0) is 16.7. The maximum atomic E-state index is 11.8. The summed E-state index contributed by atoms with van der Waals surface area (Å²) in [4.78, 5) is 27.8. The second-order valence-corrected chi connectivity index (χ2v) is 6.10. The molecule has 2 aromatic rings. The first kappa shape index (κ1) is 17.0. The number of anilines is 2. The molecule has 0 aliphatic rings. The molecule has 1 aromatic carbocycles. The summed E-state index contributed by atoms with van der Waals surface area (Å²) in [6.07, 6.45) is 0. The van der Waals surface area contributed by atoms with Crippen molar-refractivity contribution in [1.29, 1.82) is 0 Å². The summed E-state index contributed by atoms with van der Waals surface area (Å²) in [5.41, 5.74) is 2.74. The van der Waals surface area contributed by atoms with Gasteiger partial charge in [0.25, 0.3) is 0 Å². The molecule has 0 saturated heterocycles. The molecular weight excluding hydrogens is 310 g/mol. The average molecular weight is 329 g/mol. The molecular formula is C17H19N3O2S. The van der Waals surface area contributed by atoms with E-state index in [0.29, 0.717) is 5.82 Å². The highest BCUT2D eigenvalue weighted by molar-refractivity contribution is 8.00. The molecule has 0 saturated carbocycles. The number of aromatic nitrogens is 1. The van der Waals surface area contributed by atoms with Crippen molar-refractivity contribution in [2.45, 2.75) is 13.8 Å². The lowest BCUT2D eigenvalue weighted by Crippen LogP contribution is -2.19. The van der Waals surface area contributed by atoms with Gasteiger partial charge in [0, 0.05) is 11.4 Å². The Balaban J connectivity index is 1.70. The van der Waals surface area contributed by atoms with Crippen molar-refractivity contribution in [3.05, 3.63) is 53.7 Å². The van der Waals surface area contributed by atoms with Crippen LogP contribution in [0.2, 0.25) is 0 Å². The Bertz CT molecular complexity index is 686. The van der Waals surface area contributed by atoms with Crippen LogP contribution in [0.25, 0.3) is 0 Å². The molecule has 1 aromatic heterocycles. The van der Waals surface area contributed by atoms with E-state index in [9.17, 15) is 9.59 Å². The highest BCUT2D eigenvalue weighted by atomic mass is 32.2. The molecule has 2 amide bonds. The van der Waals surface area contributed by atoms with E-state index in [4.69, 9.17) is 0 Å². The summed E-state index contributed by atoms with van der Waals surface area (Å²) < 4.78 is 0. The Morgan fingerprint density at radius 1 is 0.957 bits per heavy atom. The zero-order valence-electron chi connectivity index (χ0n) is 13.1. The van der Waals surface area contributed by atoms with Crippen LogP contribution in [-0.2, 0) is 9.59 Å². The summed E-state index contributed by atoms with van der Waals surface area (Å²) in [7, 11) is 0. The molecule has 5 nitrogen and oxygen atoms in total. The highest BCUT2D eigenvalue weighted by Crippen LogP contribution is 2.10. The Morgan fingerprint density at radius 2 is 1.61 bits per heavy atom. The summed E-state index contributed by atoms with van der Waals surface area (Å²) >= 11 is 1.26. The minimum absolute atomic E-state index is 0.125. The van der Waals surface area contributed by atoms with E-state index in [-0.39, 0.29) is 23.3 Å². The molecule has 0 aliphatic heterocycles. The number of rotatable bonds is 6. The van der Waals surface area contributed by atoms with Crippen molar-refractivity contribution in [3.8, 4) is 0 Å². The van der Waals surface area contributed by atoms with Gasteiger partial charge in [0.2, 0.25) is 11.8 Å². The van der Waals surface area contributed by atoms with Gasteiger partial charge < -0.3 is 10.6 Å². The second kappa shape index (κ2) is 8.33. The number of pyridine rings is 1. The molecule has 6 heteroatoms. The molecule has 120 valence electrons. The van der Waals surface area contributed by atoms with Crippen molar-refractivity contribution >= 4 is 35.1 Å². The molecule has 23 heavy (non-hydrogen) atoms. The number of nitrogens with zero attached hydrogens (tertiary/aromatic N) is 1. The quantitative estimate of drug-likeness (QED) is 0.854. The lowest BCUT2D eigenvalue weighted by Gasteiger charge is -2.06. The van der Waals surface area contributed by atoms with Crippen LogP contribution in [0.15, 0.2) is 42.5 Å². The maximum absolute atomic E-state index is 11.8. The molecule has 2 rings (SSSR count). The summed E-state index contributed by atoms with van der Waals surface area (Å²) in [6.45, 7) is 3.85. The van der Waals surface area contributed by atoms with Gasteiger partial charge in [-0.25, -0.2) is 4.98 Å². The van der Waals surface area contributed by atoms with E-state index in [0.717, 1.165) is 16.9 Å². The first-order valence-corrected chi connectivity index (χ1v) is 8.36. The minimum atomic E-state index is -0.170. The first-order chi connectivity index (χ1) is 11.0. The van der Waals surface area contributed by atoms with Crippen LogP contribution >= 0.6 is 11.8 Å². The van der Waals surface area contributed by atoms with Crippen molar-refractivity contribution in [3.63, 3.8) is 0 Å². The highest BCUT2D eigenvalue weighted by Gasteiger charge is 2.07. The third kappa shape index (κ3) is 6.12. The number of thioether (sulfide) groups is 1. The zero-order valence-corrected chi connectivity index (χ0v) is 13.9. The van der Waals surface area contributed by atoms with Crippen LogP contribution in [0.5, 0.6) is 0 Å². The van der Waals surface area contributed by atoms with Gasteiger partial charge in [-0.05, 0) is 38.1 Å². The number of carbonyl (C=O) groups is 2. The monoisotopic (exact) mass is 329 g/mol. The maximum Gasteiger partial charge on any atom is 0.235 e. The van der Waals surface area contributed by atoms with Crippen LogP contribution in [0.4, 0.5) is 11.5 Å². The lowest BCUT2D eigenvalue weighted by molar-refractivity contribution is -0.114. The van der Waals surface area contributed by atoms with E-state index in [1.807, 2.05) is 50.2 Å². The molecule has 0 radical (unpaired) electrons. The van der Waals surface area contributed by atoms with Crippen molar-refractivity contribution in [2.24, 2.45) is 0 Å².